The first-order valence-electron chi connectivity index (χ1n) is 27.4. The maximum atomic E-state index is 12.8. The molecular weight excluding hydrogens is 805 g/mol. The van der Waals surface area contributed by atoms with Crippen LogP contribution in [0.15, 0.2) is 72.9 Å². The van der Waals surface area contributed by atoms with Gasteiger partial charge in [0, 0.05) is 19.3 Å². The molecule has 0 aromatic heterocycles. The van der Waals surface area contributed by atoms with Crippen LogP contribution < -0.4 is 0 Å². The Labute approximate surface area is 402 Å². The van der Waals surface area contributed by atoms with Crippen molar-refractivity contribution in [3.05, 3.63) is 72.9 Å². The van der Waals surface area contributed by atoms with Crippen molar-refractivity contribution >= 4 is 17.9 Å². The molecule has 1 atom stereocenters. The molecule has 0 aliphatic carbocycles. The van der Waals surface area contributed by atoms with Crippen LogP contribution in [0.3, 0.4) is 0 Å². The molecule has 0 rings (SSSR count). The Morgan fingerprint density at radius 2 is 0.600 bits per heavy atom. The van der Waals surface area contributed by atoms with Gasteiger partial charge < -0.3 is 14.2 Å². The second-order valence-corrected chi connectivity index (χ2v) is 18.1. The molecule has 0 amide bonds. The van der Waals surface area contributed by atoms with E-state index in [2.05, 4.69) is 87.6 Å². The molecule has 6 nitrogen and oxygen atoms in total. The lowest BCUT2D eigenvalue weighted by molar-refractivity contribution is -0.166. The normalized spacial score (nSPS) is 12.6. The molecular formula is C59H102O6. The quantitative estimate of drug-likeness (QED) is 0.0262. The van der Waals surface area contributed by atoms with Crippen LogP contribution in [0.2, 0.25) is 0 Å². The summed E-state index contributed by atoms with van der Waals surface area (Å²) in [4.78, 5) is 38.0. The first kappa shape index (κ1) is 61.9. The summed E-state index contributed by atoms with van der Waals surface area (Å²) in [6.07, 6.45) is 67.6. The summed E-state index contributed by atoms with van der Waals surface area (Å²) < 4.78 is 16.7. The molecule has 0 unspecified atom stereocenters. The van der Waals surface area contributed by atoms with Crippen LogP contribution in [0.4, 0.5) is 0 Å². The third-order valence-corrected chi connectivity index (χ3v) is 11.7. The molecule has 374 valence electrons. The number of carbonyl (C=O) groups is 3. The number of hydrogen-bond acceptors (Lipinski definition) is 6. The highest BCUT2D eigenvalue weighted by Gasteiger charge is 2.19. The van der Waals surface area contributed by atoms with Crippen LogP contribution >= 0.6 is 0 Å². The summed E-state index contributed by atoms with van der Waals surface area (Å²) >= 11 is 0. The molecule has 0 radical (unpaired) electrons. The fourth-order valence-corrected chi connectivity index (χ4v) is 7.52. The first-order valence-corrected chi connectivity index (χ1v) is 27.4. The van der Waals surface area contributed by atoms with Crippen LogP contribution in [0.1, 0.15) is 265 Å². The predicted molar refractivity (Wildman–Crippen MR) is 279 cm³/mol. The zero-order valence-electron chi connectivity index (χ0n) is 42.7. The van der Waals surface area contributed by atoms with Gasteiger partial charge in [0.05, 0.1) is 0 Å². The molecule has 0 spiro atoms. The standard InChI is InChI=1S/C59H102O6/c1-4-7-10-13-16-19-22-24-26-28-29-31-32-34-37-40-43-46-49-52-58(61)64-55-56(54-63-57(60)51-48-45-42-39-36-21-18-15-12-9-6-3)65-59(62)53-50-47-44-41-38-35-33-30-27-25-23-20-17-14-11-8-5-2/h15-16,18-19,24,26,29,31,34,37,43,46,56H,4-14,17,20-23,25,27-28,30,32-33,35-36,38-42,44-45,47-55H2,1-3H3/b18-15-,19-16-,26-24-,31-29-,37-34-,46-43-/t56-/m0/s1. The lowest BCUT2D eigenvalue weighted by Gasteiger charge is -2.18. The molecule has 0 aromatic carbocycles. The van der Waals surface area contributed by atoms with Gasteiger partial charge in [-0.3, -0.25) is 14.4 Å². The van der Waals surface area contributed by atoms with Crippen LogP contribution in [-0.2, 0) is 28.6 Å². The molecule has 0 saturated carbocycles. The fourth-order valence-electron chi connectivity index (χ4n) is 7.52. The summed E-state index contributed by atoms with van der Waals surface area (Å²) in [6, 6.07) is 0. The highest BCUT2D eigenvalue weighted by Crippen LogP contribution is 2.15. The molecule has 0 bridgehead atoms. The predicted octanol–water partition coefficient (Wildman–Crippen LogP) is 18.2. The average Bonchev–Trinajstić information content (AvgIpc) is 3.30. The van der Waals surface area contributed by atoms with Crippen LogP contribution in [0.5, 0.6) is 0 Å². The summed E-state index contributed by atoms with van der Waals surface area (Å²) in [6.45, 7) is 6.52. The maximum Gasteiger partial charge on any atom is 0.306 e. The Bertz CT molecular complexity index is 1230. The second-order valence-electron chi connectivity index (χ2n) is 18.1. The van der Waals surface area contributed by atoms with E-state index in [4.69, 9.17) is 14.2 Å². The number of rotatable bonds is 49. The summed E-state index contributed by atoms with van der Waals surface area (Å²) in [5, 5.41) is 0. The largest absolute Gasteiger partial charge is 0.462 e. The molecule has 65 heavy (non-hydrogen) atoms. The van der Waals surface area contributed by atoms with E-state index in [0.717, 1.165) is 77.0 Å². The first-order chi connectivity index (χ1) is 32.0. The number of ether oxygens (including phenoxy) is 3. The van der Waals surface area contributed by atoms with Crippen LogP contribution in [0.25, 0.3) is 0 Å². The Hall–Kier alpha value is -3.15. The number of unbranched alkanes of at least 4 members (excludes halogenated alkanes) is 26. The van der Waals surface area contributed by atoms with E-state index < -0.39 is 6.10 Å². The van der Waals surface area contributed by atoms with E-state index in [0.29, 0.717) is 19.3 Å². The van der Waals surface area contributed by atoms with Crippen molar-refractivity contribution in [1.82, 2.24) is 0 Å². The molecule has 0 aromatic rings. The summed E-state index contributed by atoms with van der Waals surface area (Å²) in [7, 11) is 0. The zero-order chi connectivity index (χ0) is 47.2. The number of esters is 3. The lowest BCUT2D eigenvalue weighted by Crippen LogP contribution is -2.30. The molecule has 0 N–H and O–H groups in total. The van der Waals surface area contributed by atoms with E-state index in [1.165, 1.54) is 141 Å². The molecule has 0 aliphatic rings. The molecule has 0 saturated heterocycles. The van der Waals surface area contributed by atoms with E-state index in [-0.39, 0.29) is 37.5 Å². The molecule has 0 fully saturated rings. The highest BCUT2D eigenvalue weighted by atomic mass is 16.6. The summed E-state index contributed by atoms with van der Waals surface area (Å²) in [5.74, 6) is -0.990. The maximum absolute atomic E-state index is 12.8. The highest BCUT2D eigenvalue weighted by molar-refractivity contribution is 5.71. The van der Waals surface area contributed by atoms with E-state index in [1.807, 2.05) is 6.08 Å². The minimum absolute atomic E-state index is 0.101. The SMILES string of the molecule is CCCC/C=C\CCCCCCCC(=O)OC[C@@H](COC(=O)CC/C=C\C/C=C\C/C=C\C/C=C\C/C=C\CCCCC)OC(=O)CCCCCCCCCCCCCCCCCCC. The van der Waals surface area contributed by atoms with Crippen molar-refractivity contribution in [3.8, 4) is 0 Å². The van der Waals surface area contributed by atoms with Crippen LogP contribution in [0, 0.1) is 0 Å². The summed E-state index contributed by atoms with van der Waals surface area (Å²) in [5.41, 5.74) is 0. The van der Waals surface area contributed by atoms with Crippen molar-refractivity contribution in [3.63, 3.8) is 0 Å². The number of hydrogen-bond donors (Lipinski definition) is 0. The van der Waals surface area contributed by atoms with Gasteiger partial charge >= 0.3 is 17.9 Å². The Morgan fingerprint density at radius 3 is 1.05 bits per heavy atom. The Morgan fingerprint density at radius 1 is 0.308 bits per heavy atom. The molecule has 6 heteroatoms. The van der Waals surface area contributed by atoms with Crippen molar-refractivity contribution in [2.45, 2.75) is 271 Å². The second kappa shape index (κ2) is 53.5. The van der Waals surface area contributed by atoms with E-state index in [1.54, 1.807) is 0 Å². The monoisotopic (exact) mass is 907 g/mol. The number of carbonyl (C=O) groups excluding carboxylic acids is 3. The number of allylic oxidation sites excluding steroid dienone is 12. The molecule has 0 aliphatic heterocycles. The van der Waals surface area contributed by atoms with Gasteiger partial charge in [0.1, 0.15) is 13.2 Å². The van der Waals surface area contributed by atoms with Gasteiger partial charge in [0.2, 0.25) is 0 Å². The van der Waals surface area contributed by atoms with E-state index >= 15 is 0 Å². The lowest BCUT2D eigenvalue weighted by atomic mass is 10.0. The van der Waals surface area contributed by atoms with Crippen molar-refractivity contribution in [2.24, 2.45) is 0 Å². The van der Waals surface area contributed by atoms with Crippen molar-refractivity contribution < 1.29 is 28.6 Å². The van der Waals surface area contributed by atoms with E-state index in [9.17, 15) is 14.4 Å². The Kier molecular flexibility index (Phi) is 50.9. The Balaban J connectivity index is 4.45. The van der Waals surface area contributed by atoms with Gasteiger partial charge in [0.25, 0.3) is 0 Å². The fraction of sp³-hybridized carbons (Fsp3) is 0.746. The third kappa shape index (κ3) is 51.7. The minimum atomic E-state index is -0.806. The smallest absolute Gasteiger partial charge is 0.306 e. The third-order valence-electron chi connectivity index (χ3n) is 11.7. The van der Waals surface area contributed by atoms with Crippen molar-refractivity contribution in [2.75, 3.05) is 13.2 Å². The molecule has 0 heterocycles. The topological polar surface area (TPSA) is 78.9 Å². The van der Waals surface area contributed by atoms with Gasteiger partial charge in [-0.2, -0.15) is 0 Å². The average molecular weight is 907 g/mol. The zero-order valence-corrected chi connectivity index (χ0v) is 42.7. The van der Waals surface area contributed by atoms with Gasteiger partial charge in [-0.05, 0) is 77.0 Å². The minimum Gasteiger partial charge on any atom is -0.462 e. The van der Waals surface area contributed by atoms with Gasteiger partial charge in [-0.1, -0.05) is 241 Å². The van der Waals surface area contributed by atoms with Gasteiger partial charge in [0.15, 0.2) is 6.10 Å². The van der Waals surface area contributed by atoms with Gasteiger partial charge in [-0.25, -0.2) is 0 Å². The van der Waals surface area contributed by atoms with Crippen molar-refractivity contribution in [1.29, 1.82) is 0 Å². The van der Waals surface area contributed by atoms with Gasteiger partial charge in [-0.15, -0.1) is 0 Å². The van der Waals surface area contributed by atoms with Crippen LogP contribution in [-0.4, -0.2) is 37.2 Å².